The Bertz CT molecular complexity index is 286. The van der Waals surface area contributed by atoms with Crippen molar-refractivity contribution in [2.24, 2.45) is 11.7 Å². The van der Waals surface area contributed by atoms with Crippen molar-refractivity contribution in [1.82, 2.24) is 0 Å². The monoisotopic (exact) mass is 211 g/mol. The molecular formula is C12H18FNO. The number of hydrogen-bond acceptors (Lipinski definition) is 2. The van der Waals surface area contributed by atoms with Gasteiger partial charge in [-0.15, -0.1) is 0 Å². The second-order valence-electron chi connectivity index (χ2n) is 3.81. The highest BCUT2D eigenvalue weighted by Crippen LogP contribution is 2.13. The Kier molecular flexibility index (Phi) is 4.56. The molecule has 0 unspecified atom stereocenters. The van der Waals surface area contributed by atoms with Crippen LogP contribution in [0, 0.1) is 11.7 Å². The average Bonchev–Trinajstić information content (AvgIpc) is 2.26. The van der Waals surface area contributed by atoms with Crippen LogP contribution in [0.3, 0.4) is 0 Å². The molecule has 0 radical (unpaired) electrons. The maximum absolute atomic E-state index is 12.6. The Labute approximate surface area is 90.2 Å². The second kappa shape index (κ2) is 5.71. The zero-order chi connectivity index (χ0) is 11.3. The number of halogens is 1. The first-order chi connectivity index (χ1) is 7.13. The summed E-state index contributed by atoms with van der Waals surface area (Å²) in [6.07, 6.45) is 1.04. The first kappa shape index (κ1) is 12.0. The summed E-state index contributed by atoms with van der Waals surface area (Å²) >= 11 is 0. The van der Waals surface area contributed by atoms with E-state index in [1.807, 2.05) is 0 Å². The van der Waals surface area contributed by atoms with Gasteiger partial charge in [-0.2, -0.15) is 0 Å². The number of nitrogens with two attached hydrogens (primary N) is 1. The van der Waals surface area contributed by atoms with E-state index in [1.165, 1.54) is 12.1 Å². The molecule has 3 heteroatoms. The van der Waals surface area contributed by atoms with E-state index in [0.717, 1.165) is 6.42 Å². The predicted molar refractivity (Wildman–Crippen MR) is 59.3 cm³/mol. The van der Waals surface area contributed by atoms with E-state index in [0.29, 0.717) is 18.3 Å². The highest BCUT2D eigenvalue weighted by Gasteiger charge is 2.11. The van der Waals surface area contributed by atoms with E-state index >= 15 is 0 Å². The minimum absolute atomic E-state index is 0.0278. The van der Waals surface area contributed by atoms with E-state index < -0.39 is 0 Å². The zero-order valence-corrected chi connectivity index (χ0v) is 9.24. The van der Waals surface area contributed by atoms with Gasteiger partial charge >= 0.3 is 0 Å². The van der Waals surface area contributed by atoms with Crippen LogP contribution >= 0.6 is 0 Å². The van der Waals surface area contributed by atoms with Gasteiger partial charge in [0.1, 0.15) is 18.2 Å². The Morgan fingerprint density at radius 2 is 1.93 bits per heavy atom. The quantitative estimate of drug-likeness (QED) is 0.812. The molecule has 2 nitrogen and oxygen atoms in total. The van der Waals surface area contributed by atoms with Crippen LogP contribution in [0.2, 0.25) is 0 Å². The summed E-state index contributed by atoms with van der Waals surface area (Å²) in [5.41, 5.74) is 5.91. The maximum atomic E-state index is 12.6. The number of hydrogen-bond donors (Lipinski definition) is 1. The third kappa shape index (κ3) is 3.88. The van der Waals surface area contributed by atoms with E-state index in [-0.39, 0.29) is 11.9 Å². The molecule has 0 spiro atoms. The smallest absolute Gasteiger partial charge is 0.123 e. The molecule has 0 aliphatic heterocycles. The van der Waals surface area contributed by atoms with Crippen molar-refractivity contribution < 1.29 is 9.13 Å². The van der Waals surface area contributed by atoms with Crippen LogP contribution in [0.1, 0.15) is 20.3 Å². The van der Waals surface area contributed by atoms with Crippen molar-refractivity contribution in [2.75, 3.05) is 6.61 Å². The van der Waals surface area contributed by atoms with Crippen molar-refractivity contribution in [3.8, 4) is 5.75 Å². The van der Waals surface area contributed by atoms with E-state index in [2.05, 4.69) is 13.8 Å². The molecule has 0 amide bonds. The van der Waals surface area contributed by atoms with Crippen LogP contribution in [0.5, 0.6) is 5.75 Å². The van der Waals surface area contributed by atoms with Crippen molar-refractivity contribution >= 4 is 0 Å². The molecule has 0 bridgehead atoms. The molecule has 0 aliphatic rings. The largest absolute Gasteiger partial charge is 0.492 e. The van der Waals surface area contributed by atoms with Crippen LogP contribution in [0.25, 0.3) is 0 Å². The van der Waals surface area contributed by atoms with Crippen molar-refractivity contribution in [2.45, 2.75) is 26.3 Å². The topological polar surface area (TPSA) is 35.2 Å². The molecule has 0 saturated heterocycles. The average molecular weight is 211 g/mol. The van der Waals surface area contributed by atoms with E-state index in [1.54, 1.807) is 12.1 Å². The first-order valence-corrected chi connectivity index (χ1v) is 5.27. The summed E-state index contributed by atoms with van der Waals surface area (Å²) in [4.78, 5) is 0. The molecular weight excluding hydrogens is 193 g/mol. The highest BCUT2D eigenvalue weighted by molar-refractivity contribution is 5.22. The molecule has 1 aromatic rings. The van der Waals surface area contributed by atoms with Crippen LogP contribution < -0.4 is 10.5 Å². The van der Waals surface area contributed by atoms with Gasteiger partial charge in [0.15, 0.2) is 0 Å². The van der Waals surface area contributed by atoms with Gasteiger partial charge in [-0.25, -0.2) is 4.39 Å². The van der Waals surface area contributed by atoms with Crippen molar-refractivity contribution in [3.63, 3.8) is 0 Å². The number of benzene rings is 1. The van der Waals surface area contributed by atoms with Crippen LogP contribution in [-0.2, 0) is 0 Å². The minimum atomic E-state index is -0.256. The van der Waals surface area contributed by atoms with Gasteiger partial charge in [0.25, 0.3) is 0 Å². The molecule has 1 rings (SSSR count). The third-order valence-corrected chi connectivity index (χ3v) is 2.63. The maximum Gasteiger partial charge on any atom is 0.123 e. The van der Waals surface area contributed by atoms with E-state index in [4.69, 9.17) is 10.5 Å². The Hall–Kier alpha value is -1.09. The summed E-state index contributed by atoms with van der Waals surface area (Å²) in [7, 11) is 0. The summed E-state index contributed by atoms with van der Waals surface area (Å²) in [6.45, 7) is 4.67. The third-order valence-electron chi connectivity index (χ3n) is 2.63. The second-order valence-corrected chi connectivity index (χ2v) is 3.81. The van der Waals surface area contributed by atoms with Gasteiger partial charge in [-0.1, -0.05) is 20.3 Å². The molecule has 84 valence electrons. The molecule has 0 aliphatic carbocycles. The lowest BCUT2D eigenvalue weighted by atomic mass is 10.0. The van der Waals surface area contributed by atoms with Crippen molar-refractivity contribution in [3.05, 3.63) is 30.1 Å². The minimum Gasteiger partial charge on any atom is -0.492 e. The van der Waals surface area contributed by atoms with Gasteiger partial charge < -0.3 is 10.5 Å². The molecule has 0 saturated carbocycles. The predicted octanol–water partition coefficient (Wildman–Crippen LogP) is 2.58. The standard InChI is InChI=1S/C12H18FNO/c1-3-9(2)12(14)8-15-11-6-4-10(13)5-7-11/h4-7,9,12H,3,8,14H2,1-2H3/t9-,12+/m0/s1. The summed E-state index contributed by atoms with van der Waals surface area (Å²) in [5, 5.41) is 0. The van der Waals surface area contributed by atoms with Gasteiger partial charge in [0.05, 0.1) is 0 Å². The van der Waals surface area contributed by atoms with Gasteiger partial charge in [0.2, 0.25) is 0 Å². The first-order valence-electron chi connectivity index (χ1n) is 5.27. The fraction of sp³-hybridized carbons (Fsp3) is 0.500. The van der Waals surface area contributed by atoms with Gasteiger partial charge in [0, 0.05) is 6.04 Å². The zero-order valence-electron chi connectivity index (χ0n) is 9.24. The lowest BCUT2D eigenvalue weighted by Gasteiger charge is -2.18. The molecule has 2 N–H and O–H groups in total. The molecule has 0 heterocycles. The Morgan fingerprint density at radius 1 is 1.33 bits per heavy atom. The normalized spacial score (nSPS) is 14.7. The summed E-state index contributed by atoms with van der Waals surface area (Å²) < 4.78 is 18.0. The fourth-order valence-corrected chi connectivity index (χ4v) is 1.19. The lowest BCUT2D eigenvalue weighted by Crippen LogP contribution is -2.34. The van der Waals surface area contributed by atoms with Crippen molar-refractivity contribution in [1.29, 1.82) is 0 Å². The van der Waals surface area contributed by atoms with Crippen LogP contribution in [-0.4, -0.2) is 12.6 Å². The molecule has 1 aromatic carbocycles. The van der Waals surface area contributed by atoms with Gasteiger partial charge in [-0.3, -0.25) is 0 Å². The molecule has 0 aromatic heterocycles. The Balaban J connectivity index is 2.40. The SMILES string of the molecule is CC[C@H](C)[C@H](N)COc1ccc(F)cc1. The number of ether oxygens (including phenoxy) is 1. The number of rotatable bonds is 5. The molecule has 15 heavy (non-hydrogen) atoms. The van der Waals surface area contributed by atoms with Gasteiger partial charge in [-0.05, 0) is 30.2 Å². The van der Waals surface area contributed by atoms with Crippen LogP contribution in [0.15, 0.2) is 24.3 Å². The summed E-state index contributed by atoms with van der Waals surface area (Å²) in [5.74, 6) is 0.842. The lowest BCUT2D eigenvalue weighted by molar-refractivity contribution is 0.250. The van der Waals surface area contributed by atoms with Crippen LogP contribution in [0.4, 0.5) is 4.39 Å². The highest BCUT2D eigenvalue weighted by atomic mass is 19.1. The molecule has 2 atom stereocenters. The Morgan fingerprint density at radius 3 is 2.47 bits per heavy atom. The van der Waals surface area contributed by atoms with E-state index in [9.17, 15) is 4.39 Å². The summed E-state index contributed by atoms with van der Waals surface area (Å²) in [6, 6.07) is 6.01. The fourth-order valence-electron chi connectivity index (χ4n) is 1.19. The molecule has 0 fully saturated rings.